The molecule has 0 saturated carbocycles. The number of hydrogen-bond donors (Lipinski definition) is 3. The molecule has 0 aliphatic rings. The van der Waals surface area contributed by atoms with Crippen LogP contribution in [0.2, 0.25) is 5.02 Å². The SMILES string of the molecule is CC(=NNC(=S)NCC(C)C)C(C)=NNc1ccc(Cl)cc1. The number of rotatable bonds is 6. The summed E-state index contributed by atoms with van der Waals surface area (Å²) in [5.41, 5.74) is 8.12. The van der Waals surface area contributed by atoms with E-state index < -0.39 is 0 Å². The molecule has 0 bridgehead atoms. The third-order valence-corrected chi connectivity index (χ3v) is 3.20. The number of anilines is 1. The smallest absolute Gasteiger partial charge is 0.186 e. The van der Waals surface area contributed by atoms with Crippen LogP contribution in [0.15, 0.2) is 34.5 Å². The van der Waals surface area contributed by atoms with E-state index in [2.05, 4.69) is 40.2 Å². The number of halogens is 1. The van der Waals surface area contributed by atoms with Gasteiger partial charge in [0, 0.05) is 11.6 Å². The number of hydrogen-bond acceptors (Lipinski definition) is 4. The fourth-order valence-corrected chi connectivity index (χ4v) is 1.56. The highest BCUT2D eigenvalue weighted by molar-refractivity contribution is 7.80. The molecule has 0 aromatic heterocycles. The monoisotopic (exact) mass is 339 g/mol. The van der Waals surface area contributed by atoms with Gasteiger partial charge in [0.1, 0.15) is 0 Å². The summed E-state index contributed by atoms with van der Waals surface area (Å²) >= 11 is 11.0. The van der Waals surface area contributed by atoms with Crippen LogP contribution in [0.3, 0.4) is 0 Å². The zero-order valence-corrected chi connectivity index (χ0v) is 14.8. The van der Waals surface area contributed by atoms with Gasteiger partial charge in [0.15, 0.2) is 5.11 Å². The van der Waals surface area contributed by atoms with Crippen LogP contribution in [0.5, 0.6) is 0 Å². The maximum absolute atomic E-state index is 5.83. The van der Waals surface area contributed by atoms with Crippen LogP contribution in [0.25, 0.3) is 0 Å². The third kappa shape index (κ3) is 7.38. The molecule has 120 valence electrons. The molecule has 3 N–H and O–H groups in total. The average molecular weight is 340 g/mol. The first-order valence-corrected chi connectivity index (χ1v) is 7.81. The highest BCUT2D eigenvalue weighted by Crippen LogP contribution is 2.13. The van der Waals surface area contributed by atoms with Gasteiger partial charge in [-0.2, -0.15) is 10.2 Å². The lowest BCUT2D eigenvalue weighted by molar-refractivity contribution is 0.621. The van der Waals surface area contributed by atoms with Crippen LogP contribution < -0.4 is 16.2 Å². The summed E-state index contributed by atoms with van der Waals surface area (Å²) in [4.78, 5) is 0. The summed E-state index contributed by atoms with van der Waals surface area (Å²) in [6.45, 7) is 8.77. The summed E-state index contributed by atoms with van der Waals surface area (Å²) in [5.74, 6) is 0.525. The minimum absolute atomic E-state index is 0.506. The Kier molecular flexibility index (Phi) is 7.84. The minimum atomic E-state index is 0.506. The number of benzene rings is 1. The molecule has 0 fully saturated rings. The Hall–Kier alpha value is -1.66. The highest BCUT2D eigenvalue weighted by Gasteiger charge is 2.00. The van der Waals surface area contributed by atoms with Gasteiger partial charge in [-0.25, -0.2) is 0 Å². The van der Waals surface area contributed by atoms with Gasteiger partial charge in [0.25, 0.3) is 0 Å². The molecule has 0 saturated heterocycles. The first-order chi connectivity index (χ1) is 10.4. The molecule has 0 heterocycles. The van der Waals surface area contributed by atoms with E-state index in [4.69, 9.17) is 23.8 Å². The van der Waals surface area contributed by atoms with Crippen LogP contribution in [0, 0.1) is 5.92 Å². The van der Waals surface area contributed by atoms with E-state index in [1.807, 2.05) is 26.0 Å². The van der Waals surface area contributed by atoms with Crippen molar-refractivity contribution in [3.05, 3.63) is 29.3 Å². The van der Waals surface area contributed by atoms with Crippen molar-refractivity contribution in [2.24, 2.45) is 16.1 Å². The third-order valence-electron chi connectivity index (χ3n) is 2.72. The van der Waals surface area contributed by atoms with Gasteiger partial charge < -0.3 is 5.32 Å². The first kappa shape index (κ1) is 18.4. The zero-order chi connectivity index (χ0) is 16.5. The van der Waals surface area contributed by atoms with E-state index in [0.29, 0.717) is 16.1 Å². The van der Waals surface area contributed by atoms with Crippen LogP contribution in [-0.2, 0) is 0 Å². The van der Waals surface area contributed by atoms with E-state index in [1.54, 1.807) is 12.1 Å². The number of nitrogens with zero attached hydrogens (tertiary/aromatic N) is 2. The Morgan fingerprint density at radius 2 is 1.73 bits per heavy atom. The van der Waals surface area contributed by atoms with Crippen LogP contribution in [0.4, 0.5) is 5.69 Å². The van der Waals surface area contributed by atoms with Gasteiger partial charge in [-0.15, -0.1) is 0 Å². The summed E-state index contributed by atoms with van der Waals surface area (Å²) in [6, 6.07) is 7.32. The predicted molar refractivity (Wildman–Crippen MR) is 99.9 cm³/mol. The van der Waals surface area contributed by atoms with Gasteiger partial charge in [-0.1, -0.05) is 25.4 Å². The average Bonchev–Trinajstić information content (AvgIpc) is 2.49. The van der Waals surface area contributed by atoms with Crippen molar-refractivity contribution >= 4 is 46.0 Å². The molecule has 1 aromatic carbocycles. The fourth-order valence-electron chi connectivity index (χ4n) is 1.31. The Labute approximate surface area is 142 Å². The van der Waals surface area contributed by atoms with Gasteiger partial charge >= 0.3 is 0 Å². The van der Waals surface area contributed by atoms with E-state index in [0.717, 1.165) is 23.7 Å². The Morgan fingerprint density at radius 1 is 1.14 bits per heavy atom. The molecule has 7 heteroatoms. The normalized spacial score (nSPS) is 12.3. The molecule has 0 radical (unpaired) electrons. The van der Waals surface area contributed by atoms with Crippen molar-refractivity contribution in [3.8, 4) is 0 Å². The molecule has 0 spiro atoms. The second kappa shape index (κ2) is 9.38. The Balaban J connectivity index is 2.50. The lowest BCUT2D eigenvalue weighted by Crippen LogP contribution is -2.35. The van der Waals surface area contributed by atoms with Crippen molar-refractivity contribution in [2.45, 2.75) is 27.7 Å². The molecular weight excluding hydrogens is 318 g/mol. The van der Waals surface area contributed by atoms with Crippen molar-refractivity contribution in [1.82, 2.24) is 10.7 Å². The van der Waals surface area contributed by atoms with E-state index in [-0.39, 0.29) is 0 Å². The van der Waals surface area contributed by atoms with E-state index >= 15 is 0 Å². The largest absolute Gasteiger partial charge is 0.361 e. The van der Waals surface area contributed by atoms with Crippen molar-refractivity contribution in [1.29, 1.82) is 0 Å². The second-order valence-electron chi connectivity index (χ2n) is 5.23. The molecule has 1 aromatic rings. The maximum Gasteiger partial charge on any atom is 0.186 e. The van der Waals surface area contributed by atoms with E-state index in [1.165, 1.54) is 0 Å². The van der Waals surface area contributed by atoms with Crippen LogP contribution in [0.1, 0.15) is 27.7 Å². The lowest BCUT2D eigenvalue weighted by Gasteiger charge is -2.09. The second-order valence-corrected chi connectivity index (χ2v) is 6.07. The number of nitrogens with one attached hydrogen (secondary N) is 3. The molecule has 1 rings (SSSR count). The minimum Gasteiger partial charge on any atom is -0.361 e. The summed E-state index contributed by atoms with van der Waals surface area (Å²) in [7, 11) is 0. The number of thiocarbonyl (C=S) groups is 1. The lowest BCUT2D eigenvalue weighted by atomic mass is 10.2. The predicted octanol–water partition coefficient (Wildman–Crippen LogP) is 3.62. The molecule has 0 unspecified atom stereocenters. The van der Waals surface area contributed by atoms with Crippen molar-refractivity contribution < 1.29 is 0 Å². The molecule has 5 nitrogen and oxygen atoms in total. The molecular formula is C15H22ClN5S. The van der Waals surface area contributed by atoms with Crippen molar-refractivity contribution in [2.75, 3.05) is 12.0 Å². The standard InChI is InChI=1S/C15H22ClN5S/c1-10(2)9-17-15(22)21-19-12(4)11(3)18-20-14-7-5-13(16)6-8-14/h5-8,10,20H,9H2,1-4H3,(H2,17,21,22). The fraction of sp³-hybridized carbons (Fsp3) is 0.400. The summed E-state index contributed by atoms with van der Waals surface area (Å²) in [5, 5.41) is 12.7. The molecule has 0 aliphatic heterocycles. The van der Waals surface area contributed by atoms with Crippen molar-refractivity contribution in [3.63, 3.8) is 0 Å². The molecule has 0 atom stereocenters. The molecule has 0 amide bonds. The van der Waals surface area contributed by atoms with E-state index in [9.17, 15) is 0 Å². The summed E-state index contributed by atoms with van der Waals surface area (Å²) < 4.78 is 0. The first-order valence-electron chi connectivity index (χ1n) is 7.03. The maximum atomic E-state index is 5.83. The van der Waals surface area contributed by atoms with Gasteiger partial charge in [-0.3, -0.25) is 10.9 Å². The molecule has 0 aliphatic carbocycles. The Morgan fingerprint density at radius 3 is 2.32 bits per heavy atom. The van der Waals surface area contributed by atoms with Gasteiger partial charge in [0.2, 0.25) is 0 Å². The van der Waals surface area contributed by atoms with Gasteiger partial charge in [0.05, 0.1) is 17.1 Å². The van der Waals surface area contributed by atoms with Gasteiger partial charge in [-0.05, 0) is 56.2 Å². The van der Waals surface area contributed by atoms with Crippen LogP contribution in [-0.4, -0.2) is 23.1 Å². The quantitative estimate of drug-likeness (QED) is 0.421. The number of hydrazone groups is 2. The zero-order valence-electron chi connectivity index (χ0n) is 13.3. The van der Waals surface area contributed by atoms with Crippen LogP contribution >= 0.6 is 23.8 Å². The Bertz CT molecular complexity index is 552. The topological polar surface area (TPSA) is 60.8 Å². The summed E-state index contributed by atoms with van der Waals surface area (Å²) in [6.07, 6.45) is 0. The molecule has 22 heavy (non-hydrogen) atoms. The highest BCUT2D eigenvalue weighted by atomic mass is 35.5.